The molecule has 0 unspecified atom stereocenters. The third-order valence-corrected chi connectivity index (χ3v) is 2.42. The summed E-state index contributed by atoms with van der Waals surface area (Å²) in [6, 6.07) is 4.82. The van der Waals surface area contributed by atoms with Crippen molar-refractivity contribution in [1.82, 2.24) is 4.98 Å². The number of aromatic nitrogens is 1. The number of nitrogens with one attached hydrogen (secondary N) is 1. The van der Waals surface area contributed by atoms with E-state index in [1.165, 1.54) is 6.07 Å². The van der Waals surface area contributed by atoms with Crippen molar-refractivity contribution in [2.75, 3.05) is 5.73 Å². The lowest BCUT2D eigenvalue weighted by Crippen LogP contribution is -2.06. The predicted octanol–water partition coefficient (Wildman–Crippen LogP) is 2.07. The van der Waals surface area contributed by atoms with E-state index < -0.39 is 0 Å². The number of halogens is 1. The van der Waals surface area contributed by atoms with E-state index in [9.17, 15) is 4.79 Å². The van der Waals surface area contributed by atoms with E-state index in [1.807, 2.05) is 0 Å². The van der Waals surface area contributed by atoms with E-state index in [-0.39, 0.29) is 5.43 Å². The van der Waals surface area contributed by atoms with Crippen LogP contribution in [0.25, 0.3) is 10.9 Å². The normalized spacial score (nSPS) is 10.7. The van der Waals surface area contributed by atoms with Gasteiger partial charge in [-0.25, -0.2) is 0 Å². The number of rotatable bonds is 0. The summed E-state index contributed by atoms with van der Waals surface area (Å²) in [5.41, 5.74) is 7.43. The highest BCUT2D eigenvalue weighted by Crippen LogP contribution is 2.23. The molecule has 3 N–H and O–H groups in total. The zero-order chi connectivity index (χ0) is 10.3. The molecule has 0 aliphatic heterocycles. The van der Waals surface area contributed by atoms with Gasteiger partial charge in [-0.15, -0.1) is 0 Å². The SMILES string of the molecule is Cc1cc(=O)c2c(N)ccc(Cl)c2[nH]1. The van der Waals surface area contributed by atoms with Crippen LogP contribution in [0.3, 0.4) is 0 Å². The molecule has 0 amide bonds. The van der Waals surface area contributed by atoms with Crippen LogP contribution in [-0.4, -0.2) is 4.98 Å². The number of hydrogen-bond donors (Lipinski definition) is 2. The van der Waals surface area contributed by atoms with Crippen molar-refractivity contribution >= 4 is 28.2 Å². The smallest absolute Gasteiger partial charge is 0.191 e. The van der Waals surface area contributed by atoms with Gasteiger partial charge in [0.1, 0.15) is 0 Å². The Bertz CT molecular complexity index is 560. The summed E-state index contributed by atoms with van der Waals surface area (Å²) in [7, 11) is 0. The van der Waals surface area contributed by atoms with Crippen LogP contribution in [0.5, 0.6) is 0 Å². The van der Waals surface area contributed by atoms with Gasteiger partial charge >= 0.3 is 0 Å². The number of aryl methyl sites for hydroxylation is 1. The number of hydrogen-bond acceptors (Lipinski definition) is 2. The van der Waals surface area contributed by atoms with Crippen molar-refractivity contribution in [3.8, 4) is 0 Å². The minimum absolute atomic E-state index is 0.101. The van der Waals surface area contributed by atoms with Gasteiger partial charge in [-0.3, -0.25) is 4.79 Å². The van der Waals surface area contributed by atoms with E-state index in [4.69, 9.17) is 17.3 Å². The third-order valence-electron chi connectivity index (χ3n) is 2.10. The molecule has 2 rings (SSSR count). The quantitative estimate of drug-likeness (QED) is 0.652. The Morgan fingerprint density at radius 2 is 2.14 bits per heavy atom. The molecule has 4 heteroatoms. The first-order valence-corrected chi connectivity index (χ1v) is 4.55. The molecule has 14 heavy (non-hydrogen) atoms. The molecule has 0 atom stereocenters. The second kappa shape index (κ2) is 3.03. The molecular formula is C10H9ClN2O. The van der Waals surface area contributed by atoms with Gasteiger partial charge in [0.25, 0.3) is 0 Å². The highest BCUT2D eigenvalue weighted by atomic mass is 35.5. The Morgan fingerprint density at radius 1 is 1.43 bits per heavy atom. The second-order valence-corrected chi connectivity index (χ2v) is 3.61. The molecule has 0 fully saturated rings. The largest absolute Gasteiger partial charge is 0.398 e. The molecule has 1 aromatic heterocycles. The lowest BCUT2D eigenvalue weighted by Gasteiger charge is -2.04. The first-order valence-electron chi connectivity index (χ1n) is 4.17. The molecule has 0 saturated heterocycles. The summed E-state index contributed by atoms with van der Waals surface area (Å²) in [6.07, 6.45) is 0. The Hall–Kier alpha value is -1.48. The maximum absolute atomic E-state index is 11.6. The van der Waals surface area contributed by atoms with Crippen molar-refractivity contribution in [2.45, 2.75) is 6.92 Å². The number of benzene rings is 1. The van der Waals surface area contributed by atoms with E-state index >= 15 is 0 Å². The van der Waals surface area contributed by atoms with E-state index in [2.05, 4.69) is 4.98 Å². The minimum Gasteiger partial charge on any atom is -0.398 e. The first-order chi connectivity index (χ1) is 6.59. The summed E-state index contributed by atoms with van der Waals surface area (Å²) in [5.74, 6) is 0. The van der Waals surface area contributed by atoms with Gasteiger partial charge in [0.15, 0.2) is 5.43 Å². The van der Waals surface area contributed by atoms with Gasteiger partial charge in [-0.1, -0.05) is 11.6 Å². The van der Waals surface area contributed by atoms with Crippen molar-refractivity contribution < 1.29 is 0 Å². The lowest BCUT2D eigenvalue weighted by molar-refractivity contribution is 1.24. The molecule has 72 valence electrons. The summed E-state index contributed by atoms with van der Waals surface area (Å²) < 4.78 is 0. The summed E-state index contributed by atoms with van der Waals surface area (Å²) in [5, 5.41) is 0.970. The van der Waals surface area contributed by atoms with Gasteiger partial charge < -0.3 is 10.7 Å². The van der Waals surface area contributed by atoms with Crippen LogP contribution in [0, 0.1) is 6.92 Å². The fourth-order valence-electron chi connectivity index (χ4n) is 1.48. The Kier molecular flexibility index (Phi) is 1.97. The van der Waals surface area contributed by atoms with Crippen LogP contribution < -0.4 is 11.2 Å². The predicted molar refractivity (Wildman–Crippen MR) is 58.7 cm³/mol. The number of nitrogens with two attached hydrogens (primary N) is 1. The zero-order valence-electron chi connectivity index (χ0n) is 7.60. The number of fused-ring (bicyclic) bond motifs is 1. The maximum atomic E-state index is 11.6. The van der Waals surface area contributed by atoms with E-state index in [0.29, 0.717) is 21.6 Å². The Balaban J connectivity index is 3.08. The van der Waals surface area contributed by atoms with Gasteiger partial charge in [0.05, 0.1) is 15.9 Å². The monoisotopic (exact) mass is 208 g/mol. The number of H-pyrrole nitrogens is 1. The van der Waals surface area contributed by atoms with Crippen molar-refractivity contribution in [3.05, 3.63) is 39.1 Å². The van der Waals surface area contributed by atoms with Crippen LogP contribution in [0.15, 0.2) is 23.0 Å². The van der Waals surface area contributed by atoms with Gasteiger partial charge in [0.2, 0.25) is 0 Å². The molecule has 1 aromatic carbocycles. The molecule has 1 heterocycles. The Morgan fingerprint density at radius 3 is 2.86 bits per heavy atom. The highest BCUT2D eigenvalue weighted by molar-refractivity contribution is 6.35. The number of aromatic amines is 1. The second-order valence-electron chi connectivity index (χ2n) is 3.20. The zero-order valence-corrected chi connectivity index (χ0v) is 8.35. The average Bonchev–Trinajstić information content (AvgIpc) is 2.10. The molecule has 0 saturated carbocycles. The number of nitrogen functional groups attached to an aromatic ring is 1. The first kappa shape index (κ1) is 9.09. The Labute approximate surface area is 85.5 Å². The fraction of sp³-hybridized carbons (Fsp3) is 0.100. The van der Waals surface area contributed by atoms with Crippen molar-refractivity contribution in [1.29, 1.82) is 0 Å². The van der Waals surface area contributed by atoms with Crippen LogP contribution in [0.2, 0.25) is 5.02 Å². The standard InChI is InChI=1S/C10H9ClN2O/c1-5-4-8(14)9-7(12)3-2-6(11)10(9)13-5/h2-4H,12H2,1H3,(H,13,14). The van der Waals surface area contributed by atoms with Crippen molar-refractivity contribution in [3.63, 3.8) is 0 Å². The highest BCUT2D eigenvalue weighted by Gasteiger charge is 2.06. The maximum Gasteiger partial charge on any atom is 0.191 e. The minimum atomic E-state index is -0.101. The molecular weight excluding hydrogens is 200 g/mol. The molecule has 0 aliphatic rings. The summed E-state index contributed by atoms with van der Waals surface area (Å²) >= 11 is 5.95. The molecule has 0 spiro atoms. The summed E-state index contributed by atoms with van der Waals surface area (Å²) in [6.45, 7) is 1.81. The van der Waals surface area contributed by atoms with Crippen LogP contribution >= 0.6 is 11.6 Å². The number of anilines is 1. The van der Waals surface area contributed by atoms with Crippen LogP contribution in [0.1, 0.15) is 5.69 Å². The third kappa shape index (κ3) is 1.26. The molecule has 0 bridgehead atoms. The van der Waals surface area contributed by atoms with Crippen LogP contribution in [0.4, 0.5) is 5.69 Å². The molecule has 0 radical (unpaired) electrons. The van der Waals surface area contributed by atoms with Crippen molar-refractivity contribution in [2.24, 2.45) is 0 Å². The average molecular weight is 209 g/mol. The molecule has 2 aromatic rings. The molecule has 3 nitrogen and oxygen atoms in total. The number of pyridine rings is 1. The molecule has 0 aliphatic carbocycles. The van der Waals surface area contributed by atoms with Gasteiger partial charge in [-0.2, -0.15) is 0 Å². The van der Waals surface area contributed by atoms with E-state index in [1.54, 1.807) is 19.1 Å². The van der Waals surface area contributed by atoms with Crippen LogP contribution in [-0.2, 0) is 0 Å². The van der Waals surface area contributed by atoms with Gasteiger partial charge in [0, 0.05) is 17.4 Å². The van der Waals surface area contributed by atoms with Gasteiger partial charge in [-0.05, 0) is 19.1 Å². The lowest BCUT2D eigenvalue weighted by atomic mass is 10.1. The summed E-state index contributed by atoms with van der Waals surface area (Å²) in [4.78, 5) is 14.6. The fourth-order valence-corrected chi connectivity index (χ4v) is 1.69. The van der Waals surface area contributed by atoms with E-state index in [0.717, 1.165) is 5.69 Å². The topological polar surface area (TPSA) is 58.9 Å².